The molecule has 11 heteroatoms. The number of piperidine rings is 1. The molecule has 2 aromatic rings. The van der Waals surface area contributed by atoms with Gasteiger partial charge in [0.05, 0.1) is 16.2 Å². The number of rotatable bonds is 6. The lowest BCUT2D eigenvalue weighted by Gasteiger charge is -2.36. The molecule has 182 valence electrons. The smallest absolute Gasteiger partial charge is 0.293 e. The van der Waals surface area contributed by atoms with Crippen LogP contribution in [0.2, 0.25) is 0 Å². The summed E-state index contributed by atoms with van der Waals surface area (Å²) in [5.74, 6) is -0.454. The molecule has 2 aliphatic rings. The Morgan fingerprint density at radius 2 is 1.59 bits per heavy atom. The first kappa shape index (κ1) is 24.1. The van der Waals surface area contributed by atoms with Crippen molar-refractivity contribution in [2.45, 2.75) is 30.6 Å². The normalized spacial score (nSPS) is 17.6. The SMILES string of the molecule is O=C(Cc1ccc(F)cc1)N1CCN(c2ccc(S(=O)(=O)N3CCCCC3)cc2[N+](=O)[O-])CC1. The number of halogens is 1. The molecule has 0 unspecified atom stereocenters. The number of piperazine rings is 1. The summed E-state index contributed by atoms with van der Waals surface area (Å²) in [5.41, 5.74) is 0.798. The monoisotopic (exact) mass is 490 g/mol. The average Bonchev–Trinajstić information content (AvgIpc) is 2.85. The standard InChI is InChI=1S/C23H27FN4O5S/c24-19-6-4-18(5-7-19)16-23(29)26-14-12-25(13-15-26)21-9-8-20(17-22(21)28(30)31)34(32,33)27-10-2-1-3-11-27/h4-9,17H,1-3,10-16H2. The summed E-state index contributed by atoms with van der Waals surface area (Å²) in [7, 11) is -3.78. The Balaban J connectivity index is 1.45. The number of nitro groups is 1. The van der Waals surface area contributed by atoms with E-state index in [9.17, 15) is 27.7 Å². The van der Waals surface area contributed by atoms with Gasteiger partial charge in [-0.15, -0.1) is 0 Å². The van der Waals surface area contributed by atoms with E-state index in [4.69, 9.17) is 0 Å². The van der Waals surface area contributed by atoms with Crippen molar-refractivity contribution in [3.05, 3.63) is 64.0 Å². The molecule has 0 radical (unpaired) electrons. The molecule has 0 saturated carbocycles. The van der Waals surface area contributed by atoms with Crippen molar-refractivity contribution in [3.8, 4) is 0 Å². The quantitative estimate of drug-likeness (QED) is 0.456. The highest BCUT2D eigenvalue weighted by molar-refractivity contribution is 7.89. The Kier molecular flexibility index (Phi) is 7.13. The predicted octanol–water partition coefficient (Wildman–Crippen LogP) is 2.80. The molecule has 0 aliphatic carbocycles. The van der Waals surface area contributed by atoms with Crippen LogP contribution in [0.25, 0.3) is 0 Å². The zero-order chi connectivity index (χ0) is 24.3. The molecule has 34 heavy (non-hydrogen) atoms. The van der Waals surface area contributed by atoms with Crippen LogP contribution in [-0.2, 0) is 21.2 Å². The molecule has 0 spiro atoms. The Morgan fingerprint density at radius 3 is 2.21 bits per heavy atom. The maximum atomic E-state index is 13.1. The van der Waals surface area contributed by atoms with Crippen LogP contribution >= 0.6 is 0 Å². The molecule has 0 atom stereocenters. The van der Waals surface area contributed by atoms with Crippen LogP contribution < -0.4 is 4.90 Å². The van der Waals surface area contributed by atoms with Crippen molar-refractivity contribution in [3.63, 3.8) is 0 Å². The summed E-state index contributed by atoms with van der Waals surface area (Å²) in [5, 5.41) is 11.8. The third-order valence-corrected chi connectivity index (χ3v) is 8.23. The van der Waals surface area contributed by atoms with Crippen LogP contribution in [0.1, 0.15) is 24.8 Å². The number of hydrogen-bond donors (Lipinski definition) is 0. The second-order valence-corrected chi connectivity index (χ2v) is 10.5. The number of hydrogen-bond acceptors (Lipinski definition) is 6. The molecule has 0 aromatic heterocycles. The minimum atomic E-state index is -3.78. The Morgan fingerprint density at radius 1 is 0.941 bits per heavy atom. The van der Waals surface area contributed by atoms with E-state index in [1.54, 1.807) is 21.9 Å². The molecule has 0 bridgehead atoms. The van der Waals surface area contributed by atoms with E-state index in [-0.39, 0.29) is 28.7 Å². The summed E-state index contributed by atoms with van der Waals surface area (Å²) in [4.78, 5) is 27.3. The molecule has 2 aromatic carbocycles. The van der Waals surface area contributed by atoms with Crippen LogP contribution in [0, 0.1) is 15.9 Å². The second-order valence-electron chi connectivity index (χ2n) is 8.54. The topological polar surface area (TPSA) is 104 Å². The van der Waals surface area contributed by atoms with E-state index in [1.807, 2.05) is 0 Å². The number of anilines is 1. The van der Waals surface area contributed by atoms with Crippen LogP contribution in [0.3, 0.4) is 0 Å². The van der Waals surface area contributed by atoms with Gasteiger partial charge in [-0.05, 0) is 42.7 Å². The van der Waals surface area contributed by atoms with Gasteiger partial charge in [-0.3, -0.25) is 14.9 Å². The molecule has 0 N–H and O–H groups in total. The summed E-state index contributed by atoms with van der Waals surface area (Å²) in [6.45, 7) is 2.37. The first-order valence-electron chi connectivity index (χ1n) is 11.3. The zero-order valence-electron chi connectivity index (χ0n) is 18.7. The molecule has 4 rings (SSSR count). The maximum Gasteiger partial charge on any atom is 0.293 e. The van der Waals surface area contributed by atoms with Gasteiger partial charge < -0.3 is 9.80 Å². The van der Waals surface area contributed by atoms with Gasteiger partial charge in [-0.1, -0.05) is 18.6 Å². The van der Waals surface area contributed by atoms with Crippen molar-refractivity contribution in [2.24, 2.45) is 0 Å². The first-order chi connectivity index (χ1) is 16.3. The van der Waals surface area contributed by atoms with Gasteiger partial charge in [0.25, 0.3) is 5.69 Å². The largest absolute Gasteiger partial charge is 0.362 e. The van der Waals surface area contributed by atoms with Gasteiger partial charge in [-0.25, -0.2) is 12.8 Å². The predicted molar refractivity (Wildman–Crippen MR) is 125 cm³/mol. The second kappa shape index (κ2) is 10.1. The molecule has 2 saturated heterocycles. The van der Waals surface area contributed by atoms with E-state index in [0.717, 1.165) is 30.9 Å². The van der Waals surface area contributed by atoms with Gasteiger partial charge >= 0.3 is 0 Å². The summed E-state index contributed by atoms with van der Waals surface area (Å²) >= 11 is 0. The van der Waals surface area contributed by atoms with Gasteiger partial charge in [0.15, 0.2) is 0 Å². The van der Waals surface area contributed by atoms with Crippen molar-refractivity contribution in [1.29, 1.82) is 0 Å². The number of amides is 1. The molecule has 2 fully saturated rings. The fourth-order valence-electron chi connectivity index (χ4n) is 4.42. The van der Waals surface area contributed by atoms with Crippen LogP contribution in [-0.4, -0.2) is 67.7 Å². The highest BCUT2D eigenvalue weighted by atomic mass is 32.2. The van der Waals surface area contributed by atoms with E-state index >= 15 is 0 Å². The van der Waals surface area contributed by atoms with Crippen LogP contribution in [0.5, 0.6) is 0 Å². The van der Waals surface area contributed by atoms with E-state index in [1.165, 1.54) is 28.6 Å². The lowest BCUT2D eigenvalue weighted by atomic mass is 10.1. The number of nitro benzene ring substituents is 1. The first-order valence-corrected chi connectivity index (χ1v) is 12.8. The van der Waals surface area contributed by atoms with Crippen molar-refractivity contribution in [2.75, 3.05) is 44.2 Å². The number of carbonyl (C=O) groups is 1. The van der Waals surface area contributed by atoms with E-state index < -0.39 is 14.9 Å². The summed E-state index contributed by atoms with van der Waals surface area (Å²) < 4.78 is 40.4. The van der Waals surface area contributed by atoms with Crippen LogP contribution in [0.4, 0.5) is 15.8 Å². The van der Waals surface area contributed by atoms with Crippen LogP contribution in [0.15, 0.2) is 47.4 Å². The lowest BCUT2D eigenvalue weighted by molar-refractivity contribution is -0.384. The van der Waals surface area contributed by atoms with Crippen molar-refractivity contribution >= 4 is 27.3 Å². The minimum Gasteiger partial charge on any atom is -0.362 e. The molecular weight excluding hydrogens is 463 g/mol. The third kappa shape index (κ3) is 5.20. The van der Waals surface area contributed by atoms with Gasteiger partial charge in [0, 0.05) is 45.3 Å². The maximum absolute atomic E-state index is 13.1. The van der Waals surface area contributed by atoms with Crippen molar-refractivity contribution in [1.82, 2.24) is 9.21 Å². The Labute approximate surface area is 198 Å². The summed E-state index contributed by atoms with van der Waals surface area (Å²) in [6.07, 6.45) is 2.69. The summed E-state index contributed by atoms with van der Waals surface area (Å²) in [6, 6.07) is 9.84. The van der Waals surface area contributed by atoms with E-state index in [0.29, 0.717) is 45.0 Å². The molecule has 2 heterocycles. The Bertz CT molecular complexity index is 1160. The number of carbonyl (C=O) groups excluding carboxylic acids is 1. The molecular formula is C23H27FN4O5S. The highest BCUT2D eigenvalue weighted by Gasteiger charge is 2.31. The number of benzene rings is 2. The average molecular weight is 491 g/mol. The Hall–Kier alpha value is -3.05. The van der Waals surface area contributed by atoms with Gasteiger partial charge in [-0.2, -0.15) is 4.31 Å². The number of sulfonamides is 1. The van der Waals surface area contributed by atoms with Gasteiger partial charge in [0.1, 0.15) is 11.5 Å². The molecule has 2 aliphatic heterocycles. The highest BCUT2D eigenvalue weighted by Crippen LogP contribution is 2.33. The van der Waals surface area contributed by atoms with Gasteiger partial charge in [0.2, 0.25) is 15.9 Å². The molecule has 1 amide bonds. The third-order valence-electron chi connectivity index (χ3n) is 6.34. The van der Waals surface area contributed by atoms with Crippen molar-refractivity contribution < 1.29 is 22.5 Å². The zero-order valence-corrected chi connectivity index (χ0v) is 19.5. The molecule has 9 nitrogen and oxygen atoms in total. The van der Waals surface area contributed by atoms with E-state index in [2.05, 4.69) is 0 Å². The number of nitrogens with zero attached hydrogens (tertiary/aromatic N) is 4. The lowest BCUT2D eigenvalue weighted by Crippen LogP contribution is -2.49. The minimum absolute atomic E-state index is 0.0713. The fraction of sp³-hybridized carbons (Fsp3) is 0.435. The fourth-order valence-corrected chi connectivity index (χ4v) is 5.95.